The minimum atomic E-state index is -5.08. The van der Waals surface area contributed by atoms with E-state index < -0.39 is 24.3 Å². The molecule has 2 N–H and O–H groups in total. The number of carbonyl (C=O) groups is 3. The number of likely N-dealkylation sites (tertiary alicyclic amines) is 1. The first kappa shape index (κ1) is 29.1. The Balaban J connectivity index is 0.000000343. The van der Waals surface area contributed by atoms with Crippen molar-refractivity contribution in [1.82, 2.24) is 14.8 Å². The van der Waals surface area contributed by atoms with Crippen LogP contribution in [0, 0.1) is 5.92 Å². The van der Waals surface area contributed by atoms with Gasteiger partial charge in [0.15, 0.2) is 0 Å². The molecule has 3 atom stereocenters. The number of rotatable bonds is 3. The van der Waals surface area contributed by atoms with Crippen LogP contribution >= 0.6 is 0 Å². The number of nitrogens with zero attached hydrogens (tertiary/aromatic N) is 3. The molecule has 34 heavy (non-hydrogen) atoms. The molecule has 3 rings (SSSR count). The summed E-state index contributed by atoms with van der Waals surface area (Å²) in [6.07, 6.45) is -5.42. The van der Waals surface area contributed by atoms with Gasteiger partial charge in [-0.25, -0.2) is 9.59 Å². The second kappa shape index (κ2) is 12.0. The summed E-state index contributed by atoms with van der Waals surface area (Å²) < 4.78 is 69.4. The van der Waals surface area contributed by atoms with Crippen molar-refractivity contribution < 1.29 is 55.7 Å². The number of hydrogen-bond acceptors (Lipinski definition) is 6. The van der Waals surface area contributed by atoms with Gasteiger partial charge in [0.05, 0.1) is 18.1 Å². The van der Waals surface area contributed by atoms with Gasteiger partial charge in [-0.15, -0.1) is 0 Å². The summed E-state index contributed by atoms with van der Waals surface area (Å²) in [5, 5.41) is 14.2. The number of carbonyl (C=O) groups excluding carboxylic acids is 1. The molecule has 9 nitrogen and oxygen atoms in total. The molecule has 15 heteroatoms. The van der Waals surface area contributed by atoms with Gasteiger partial charge in [0.25, 0.3) is 0 Å². The van der Waals surface area contributed by atoms with E-state index in [-0.39, 0.29) is 24.0 Å². The van der Waals surface area contributed by atoms with Crippen LogP contribution in [0.4, 0.5) is 26.3 Å². The van der Waals surface area contributed by atoms with Crippen LogP contribution in [0.2, 0.25) is 0 Å². The Morgan fingerprint density at radius 1 is 1.03 bits per heavy atom. The van der Waals surface area contributed by atoms with Crippen molar-refractivity contribution in [2.75, 3.05) is 27.2 Å². The highest BCUT2D eigenvalue weighted by Crippen LogP contribution is 2.33. The van der Waals surface area contributed by atoms with Gasteiger partial charge in [-0.1, -0.05) is 0 Å². The van der Waals surface area contributed by atoms with Gasteiger partial charge < -0.3 is 19.8 Å². The highest BCUT2D eigenvalue weighted by atomic mass is 19.4. The van der Waals surface area contributed by atoms with E-state index in [2.05, 4.69) is 9.88 Å². The molecule has 0 unspecified atom stereocenters. The number of ether oxygens (including phenoxy) is 1. The second-order valence-corrected chi connectivity index (χ2v) is 7.53. The monoisotopic (exact) mass is 503 g/mol. The molecule has 0 aromatic carbocycles. The Kier molecular flexibility index (Phi) is 10.2. The first-order valence-electron chi connectivity index (χ1n) is 9.60. The minimum absolute atomic E-state index is 0.0254. The molecule has 0 aliphatic carbocycles. The molecule has 2 bridgehead atoms. The number of amides is 1. The second-order valence-electron chi connectivity index (χ2n) is 7.53. The van der Waals surface area contributed by atoms with Gasteiger partial charge in [0, 0.05) is 46.1 Å². The van der Waals surface area contributed by atoms with Crippen molar-refractivity contribution in [3.63, 3.8) is 0 Å². The molecule has 1 aromatic heterocycles. The van der Waals surface area contributed by atoms with E-state index in [4.69, 9.17) is 24.5 Å². The van der Waals surface area contributed by atoms with Crippen molar-refractivity contribution in [3.8, 4) is 0 Å². The number of carboxylic acid groups (broad SMARTS) is 2. The van der Waals surface area contributed by atoms with Crippen molar-refractivity contribution in [1.29, 1.82) is 0 Å². The number of carboxylic acids is 2. The molecule has 0 spiro atoms. The SMILES string of the molecule is CN(C)C(=O)[C@H]1C[C@@H]2CN(Cc3ccncc3)C[C@H]1O2.O=C(O)C(F)(F)F.O=C(O)C(F)(F)F. The molecule has 1 amide bonds. The average molecular weight is 503 g/mol. The number of aromatic nitrogens is 1. The van der Waals surface area contributed by atoms with Gasteiger partial charge in [0.1, 0.15) is 0 Å². The molecule has 2 fully saturated rings. The standard InChI is InChI=1S/C15H21N3O2.2C2HF3O2/c1-17(2)15(19)13-7-12-9-18(10-14(13)20-12)8-11-3-5-16-6-4-11;2*3-2(4,5)1(6)7/h3-6,12-14H,7-10H2,1-2H3;2*(H,6,7)/t12-,13+,14-;;/m1../s1. The zero-order valence-corrected chi connectivity index (χ0v) is 18.0. The van der Waals surface area contributed by atoms with E-state index >= 15 is 0 Å². The third-order valence-corrected chi connectivity index (χ3v) is 4.63. The topological polar surface area (TPSA) is 120 Å². The largest absolute Gasteiger partial charge is 0.490 e. The first-order valence-corrected chi connectivity index (χ1v) is 9.60. The summed E-state index contributed by atoms with van der Waals surface area (Å²) in [6, 6.07) is 4.08. The molecule has 2 aliphatic heterocycles. The molecule has 3 heterocycles. The van der Waals surface area contributed by atoms with Gasteiger partial charge in [-0.2, -0.15) is 26.3 Å². The maximum atomic E-state index is 12.2. The number of halogens is 6. The lowest BCUT2D eigenvalue weighted by molar-refractivity contribution is -0.193. The van der Waals surface area contributed by atoms with E-state index in [1.807, 2.05) is 38.6 Å². The van der Waals surface area contributed by atoms with Crippen molar-refractivity contribution in [2.45, 2.75) is 37.5 Å². The Morgan fingerprint density at radius 2 is 1.50 bits per heavy atom. The Morgan fingerprint density at radius 3 is 1.91 bits per heavy atom. The number of alkyl halides is 6. The molecule has 2 aliphatic rings. The molecule has 0 saturated carbocycles. The van der Waals surface area contributed by atoms with Crippen LogP contribution in [-0.2, 0) is 25.7 Å². The van der Waals surface area contributed by atoms with Crippen LogP contribution in [0.1, 0.15) is 12.0 Å². The molecular formula is C19H23F6N3O6. The summed E-state index contributed by atoms with van der Waals surface area (Å²) in [4.78, 5) is 38.1. The zero-order valence-electron chi connectivity index (χ0n) is 18.0. The number of pyridine rings is 1. The van der Waals surface area contributed by atoms with Crippen LogP contribution < -0.4 is 0 Å². The summed E-state index contributed by atoms with van der Waals surface area (Å²) in [7, 11) is 3.64. The van der Waals surface area contributed by atoms with Crippen LogP contribution in [0.5, 0.6) is 0 Å². The number of aliphatic carboxylic acids is 2. The van der Waals surface area contributed by atoms with E-state index in [1.165, 1.54) is 5.56 Å². The lowest BCUT2D eigenvalue weighted by Gasteiger charge is -2.33. The van der Waals surface area contributed by atoms with E-state index in [0.29, 0.717) is 0 Å². The highest BCUT2D eigenvalue weighted by Gasteiger charge is 2.45. The highest BCUT2D eigenvalue weighted by molar-refractivity contribution is 5.79. The summed E-state index contributed by atoms with van der Waals surface area (Å²) >= 11 is 0. The minimum Gasteiger partial charge on any atom is -0.475 e. The molecular weight excluding hydrogens is 480 g/mol. The van der Waals surface area contributed by atoms with Crippen LogP contribution in [0.15, 0.2) is 24.5 Å². The van der Waals surface area contributed by atoms with Crippen molar-refractivity contribution in [2.24, 2.45) is 5.92 Å². The fraction of sp³-hybridized carbons (Fsp3) is 0.579. The summed E-state index contributed by atoms with van der Waals surface area (Å²) in [6.45, 7) is 2.65. The fourth-order valence-electron chi connectivity index (χ4n) is 3.20. The van der Waals surface area contributed by atoms with Gasteiger partial charge in [-0.3, -0.25) is 14.7 Å². The number of fused-ring (bicyclic) bond motifs is 2. The molecule has 0 radical (unpaired) electrons. The fourth-order valence-corrected chi connectivity index (χ4v) is 3.20. The van der Waals surface area contributed by atoms with Crippen LogP contribution in [-0.4, -0.2) is 94.6 Å². The normalized spacial score (nSPS) is 21.9. The smallest absolute Gasteiger partial charge is 0.475 e. The number of morpholine rings is 1. The lowest BCUT2D eigenvalue weighted by Crippen LogP contribution is -2.44. The Bertz CT molecular complexity index is 810. The lowest BCUT2D eigenvalue weighted by atomic mass is 9.99. The van der Waals surface area contributed by atoms with Crippen LogP contribution in [0.3, 0.4) is 0 Å². The van der Waals surface area contributed by atoms with Gasteiger partial charge in [-0.05, 0) is 24.1 Å². The zero-order chi connectivity index (χ0) is 26.3. The molecule has 1 aromatic rings. The summed E-state index contributed by atoms with van der Waals surface area (Å²) in [5.41, 5.74) is 1.26. The van der Waals surface area contributed by atoms with E-state index in [0.717, 1.165) is 26.1 Å². The Labute approximate surface area is 189 Å². The maximum Gasteiger partial charge on any atom is 0.490 e. The molecule has 192 valence electrons. The van der Waals surface area contributed by atoms with Crippen molar-refractivity contribution >= 4 is 17.8 Å². The Hall–Kier alpha value is -2.94. The molecule has 2 saturated heterocycles. The predicted molar refractivity (Wildman–Crippen MR) is 102 cm³/mol. The van der Waals surface area contributed by atoms with E-state index in [1.54, 1.807) is 4.90 Å². The van der Waals surface area contributed by atoms with Crippen LogP contribution in [0.25, 0.3) is 0 Å². The third kappa shape index (κ3) is 9.51. The van der Waals surface area contributed by atoms with Gasteiger partial charge >= 0.3 is 24.3 Å². The van der Waals surface area contributed by atoms with E-state index in [9.17, 15) is 31.1 Å². The summed E-state index contributed by atoms with van der Waals surface area (Å²) in [5.74, 6) is -5.29. The maximum absolute atomic E-state index is 12.2. The predicted octanol–water partition coefficient (Wildman–Crippen LogP) is 2.03. The van der Waals surface area contributed by atoms with Crippen molar-refractivity contribution in [3.05, 3.63) is 30.1 Å². The third-order valence-electron chi connectivity index (χ3n) is 4.63. The first-order chi connectivity index (χ1) is 15.5. The average Bonchev–Trinajstić information content (AvgIpc) is 3.01. The quantitative estimate of drug-likeness (QED) is 0.602. The number of hydrogen-bond donors (Lipinski definition) is 2. The van der Waals surface area contributed by atoms with Gasteiger partial charge in [0.2, 0.25) is 5.91 Å².